The van der Waals surface area contributed by atoms with Crippen molar-refractivity contribution in [2.75, 3.05) is 13.2 Å². The highest BCUT2D eigenvalue weighted by Crippen LogP contribution is 2.28. The van der Waals surface area contributed by atoms with Crippen molar-refractivity contribution in [1.82, 2.24) is 0 Å². The first-order valence-electron chi connectivity index (χ1n) is 5.01. The van der Waals surface area contributed by atoms with Crippen LogP contribution in [0.2, 0.25) is 0 Å². The highest BCUT2D eigenvalue weighted by atomic mass is 79.9. The van der Waals surface area contributed by atoms with Crippen LogP contribution in [-0.2, 0) is 18.5 Å². The molecule has 1 saturated heterocycles. The van der Waals surface area contributed by atoms with Crippen molar-refractivity contribution in [2.24, 2.45) is 0 Å². The monoisotopic (exact) mass is 372 g/mol. The van der Waals surface area contributed by atoms with E-state index in [4.69, 9.17) is 20.2 Å². The van der Waals surface area contributed by atoms with E-state index in [0.717, 1.165) is 12.1 Å². The molecule has 104 valence electrons. The van der Waals surface area contributed by atoms with E-state index in [-0.39, 0.29) is 17.7 Å². The van der Waals surface area contributed by atoms with Crippen molar-refractivity contribution >= 4 is 41.6 Å². The fraction of sp³-hybridized carbons (Fsp3) is 0.300. The molecule has 0 bridgehead atoms. The van der Waals surface area contributed by atoms with Crippen LogP contribution >= 0.6 is 26.6 Å². The summed E-state index contributed by atoms with van der Waals surface area (Å²) >= 11 is 2.87. The Morgan fingerprint density at radius 3 is 2.58 bits per heavy atom. The molecular weight excluding hydrogens is 367 g/mol. The maximum atomic E-state index is 13.6. The number of halogens is 3. The van der Waals surface area contributed by atoms with E-state index in [9.17, 15) is 17.6 Å². The Morgan fingerprint density at radius 2 is 2.11 bits per heavy atom. The number of ether oxygens (including phenoxy) is 2. The summed E-state index contributed by atoms with van der Waals surface area (Å²) in [7, 11) is 1.08. The normalized spacial score (nSPS) is 15.9. The Hall–Kier alpha value is -0.700. The SMILES string of the molecule is O=C(OC1COC1)c1cc(S(=O)(=O)Cl)c(Br)cc1F. The molecule has 5 nitrogen and oxygen atoms in total. The molecular formula is C10H7BrClFO5S. The van der Waals surface area contributed by atoms with Crippen molar-refractivity contribution in [2.45, 2.75) is 11.0 Å². The Bertz CT molecular complexity index is 629. The van der Waals surface area contributed by atoms with Gasteiger partial charge in [-0.3, -0.25) is 0 Å². The first kappa shape index (κ1) is 14.7. The third kappa shape index (κ3) is 3.25. The second-order valence-electron chi connectivity index (χ2n) is 3.77. The van der Waals surface area contributed by atoms with Crippen LogP contribution in [0.4, 0.5) is 4.39 Å². The van der Waals surface area contributed by atoms with Gasteiger partial charge in [0.1, 0.15) is 11.9 Å². The molecule has 2 rings (SSSR count). The third-order valence-electron chi connectivity index (χ3n) is 2.39. The topological polar surface area (TPSA) is 69.7 Å². The second kappa shape index (κ2) is 5.35. The molecule has 19 heavy (non-hydrogen) atoms. The minimum Gasteiger partial charge on any atom is -0.454 e. The molecule has 0 atom stereocenters. The number of carbonyl (C=O) groups excluding carboxylic acids is 1. The van der Waals surface area contributed by atoms with E-state index < -0.39 is 37.4 Å². The standard InChI is InChI=1S/C10H7BrClFO5S/c11-7-2-8(13)6(1-9(7)19(12,15)16)10(14)18-5-3-17-4-5/h1-2,5H,3-4H2. The van der Waals surface area contributed by atoms with Gasteiger partial charge in [0.25, 0.3) is 9.05 Å². The lowest BCUT2D eigenvalue weighted by Crippen LogP contribution is -2.38. The van der Waals surface area contributed by atoms with Crippen molar-refractivity contribution in [3.05, 3.63) is 28.0 Å². The first-order chi connectivity index (χ1) is 8.79. The summed E-state index contributed by atoms with van der Waals surface area (Å²) in [5, 5.41) is 0. The average molecular weight is 374 g/mol. The summed E-state index contributed by atoms with van der Waals surface area (Å²) in [5.74, 6) is -1.86. The van der Waals surface area contributed by atoms with E-state index >= 15 is 0 Å². The Labute approximate surface area is 121 Å². The molecule has 1 aromatic rings. The summed E-state index contributed by atoms with van der Waals surface area (Å²) in [4.78, 5) is 11.3. The number of rotatable bonds is 3. The molecule has 0 radical (unpaired) electrons. The molecule has 0 amide bonds. The van der Waals surface area contributed by atoms with Gasteiger partial charge in [0.2, 0.25) is 0 Å². The lowest BCUT2D eigenvalue weighted by molar-refractivity contribution is -0.103. The molecule has 1 aromatic carbocycles. The molecule has 1 aliphatic rings. The molecule has 0 aromatic heterocycles. The third-order valence-corrected chi connectivity index (χ3v) is 4.67. The zero-order valence-electron chi connectivity index (χ0n) is 9.23. The van der Waals surface area contributed by atoms with Crippen LogP contribution in [0.1, 0.15) is 10.4 Å². The van der Waals surface area contributed by atoms with Gasteiger partial charge in [-0.2, -0.15) is 0 Å². The smallest absolute Gasteiger partial charge is 0.341 e. The summed E-state index contributed by atoms with van der Waals surface area (Å²) < 4.78 is 45.8. The van der Waals surface area contributed by atoms with Gasteiger partial charge in [0.05, 0.1) is 23.7 Å². The van der Waals surface area contributed by atoms with Crippen molar-refractivity contribution in [3.63, 3.8) is 0 Å². The van der Waals surface area contributed by atoms with Gasteiger partial charge in [0, 0.05) is 15.2 Å². The highest BCUT2D eigenvalue weighted by Gasteiger charge is 2.27. The van der Waals surface area contributed by atoms with Gasteiger partial charge in [-0.05, 0) is 28.1 Å². The van der Waals surface area contributed by atoms with E-state index in [2.05, 4.69) is 15.9 Å². The van der Waals surface area contributed by atoms with E-state index in [1.54, 1.807) is 0 Å². The average Bonchev–Trinajstić information content (AvgIpc) is 2.21. The van der Waals surface area contributed by atoms with Crippen molar-refractivity contribution < 1.29 is 27.1 Å². The summed E-state index contributed by atoms with van der Waals surface area (Å²) in [6.07, 6.45) is -0.438. The summed E-state index contributed by atoms with van der Waals surface area (Å²) in [5.41, 5.74) is -0.491. The zero-order chi connectivity index (χ0) is 14.2. The minimum absolute atomic E-state index is 0.0662. The highest BCUT2D eigenvalue weighted by molar-refractivity contribution is 9.10. The number of hydrogen-bond donors (Lipinski definition) is 0. The van der Waals surface area contributed by atoms with E-state index in [0.29, 0.717) is 0 Å². The Kier molecular flexibility index (Phi) is 4.14. The zero-order valence-corrected chi connectivity index (χ0v) is 12.4. The molecule has 0 N–H and O–H groups in total. The van der Waals surface area contributed by atoms with Gasteiger partial charge in [0.15, 0.2) is 0 Å². The number of carbonyl (C=O) groups is 1. The largest absolute Gasteiger partial charge is 0.454 e. The fourth-order valence-electron chi connectivity index (χ4n) is 1.37. The maximum Gasteiger partial charge on any atom is 0.341 e. The maximum absolute atomic E-state index is 13.6. The Balaban J connectivity index is 2.36. The fourth-order valence-corrected chi connectivity index (χ4v) is 3.54. The van der Waals surface area contributed by atoms with Crippen LogP contribution in [0.5, 0.6) is 0 Å². The molecule has 1 heterocycles. The Morgan fingerprint density at radius 1 is 1.47 bits per heavy atom. The van der Waals surface area contributed by atoms with Gasteiger partial charge in [-0.15, -0.1) is 0 Å². The molecule has 0 aliphatic carbocycles. The van der Waals surface area contributed by atoms with Crippen LogP contribution in [0.3, 0.4) is 0 Å². The van der Waals surface area contributed by atoms with E-state index in [1.807, 2.05) is 0 Å². The number of esters is 1. The van der Waals surface area contributed by atoms with Gasteiger partial charge in [-0.1, -0.05) is 0 Å². The van der Waals surface area contributed by atoms with Crippen LogP contribution in [-0.4, -0.2) is 33.7 Å². The van der Waals surface area contributed by atoms with Gasteiger partial charge in [-0.25, -0.2) is 17.6 Å². The van der Waals surface area contributed by atoms with Crippen LogP contribution in [0.15, 0.2) is 21.5 Å². The summed E-state index contributed by atoms with van der Waals surface area (Å²) in [6, 6.07) is 1.69. The van der Waals surface area contributed by atoms with Gasteiger partial charge >= 0.3 is 5.97 Å². The summed E-state index contributed by atoms with van der Waals surface area (Å²) in [6.45, 7) is 0.481. The van der Waals surface area contributed by atoms with Crippen LogP contribution < -0.4 is 0 Å². The first-order valence-corrected chi connectivity index (χ1v) is 8.11. The van der Waals surface area contributed by atoms with Crippen LogP contribution in [0, 0.1) is 5.82 Å². The lowest BCUT2D eigenvalue weighted by Gasteiger charge is -2.25. The van der Waals surface area contributed by atoms with Crippen molar-refractivity contribution in [3.8, 4) is 0 Å². The van der Waals surface area contributed by atoms with Crippen molar-refractivity contribution in [1.29, 1.82) is 0 Å². The van der Waals surface area contributed by atoms with Crippen LogP contribution in [0.25, 0.3) is 0 Å². The predicted molar refractivity (Wildman–Crippen MR) is 67.2 cm³/mol. The quantitative estimate of drug-likeness (QED) is 0.599. The second-order valence-corrected chi connectivity index (χ2v) is 7.15. The predicted octanol–water partition coefficient (Wildman–Crippen LogP) is 2.07. The minimum atomic E-state index is -4.10. The number of benzene rings is 1. The molecule has 9 heteroatoms. The molecule has 1 fully saturated rings. The molecule has 0 unspecified atom stereocenters. The number of hydrogen-bond acceptors (Lipinski definition) is 5. The molecule has 1 aliphatic heterocycles. The molecule has 0 spiro atoms. The molecule has 0 saturated carbocycles. The van der Waals surface area contributed by atoms with E-state index in [1.165, 1.54) is 0 Å². The lowest BCUT2D eigenvalue weighted by atomic mass is 10.2. The van der Waals surface area contributed by atoms with Gasteiger partial charge < -0.3 is 9.47 Å².